The van der Waals surface area contributed by atoms with E-state index >= 15 is 0 Å². The fraction of sp³-hybridized carbons (Fsp3) is 0.100. The van der Waals surface area contributed by atoms with E-state index in [1.165, 1.54) is 28.9 Å². The van der Waals surface area contributed by atoms with Crippen molar-refractivity contribution >= 4 is 17.6 Å². The lowest BCUT2D eigenvalue weighted by molar-refractivity contribution is 0.0683. The van der Waals surface area contributed by atoms with Gasteiger partial charge in [-0.05, 0) is 24.3 Å². The van der Waals surface area contributed by atoms with Gasteiger partial charge >= 0.3 is 5.97 Å². The van der Waals surface area contributed by atoms with Gasteiger partial charge in [-0.1, -0.05) is 0 Å². The first-order valence-corrected chi connectivity index (χ1v) is 5.16. The van der Waals surface area contributed by atoms with E-state index in [2.05, 4.69) is 10.1 Å². The van der Waals surface area contributed by atoms with E-state index in [0.717, 1.165) is 0 Å². The van der Waals surface area contributed by atoms with Crippen molar-refractivity contribution < 1.29 is 14.3 Å². The molecular weight excluding hydrogens is 249 g/mol. The summed E-state index contributed by atoms with van der Waals surface area (Å²) >= 11 is 5.64. The van der Waals surface area contributed by atoms with Crippen LogP contribution in [0.3, 0.4) is 0 Å². The summed E-state index contributed by atoms with van der Waals surface area (Å²) in [6, 6.07) is 5.42. The summed E-state index contributed by atoms with van der Waals surface area (Å²) in [5, 5.41) is 12.5. The molecule has 1 aromatic heterocycles. The number of benzene rings is 1. The highest BCUT2D eigenvalue weighted by atomic mass is 35.5. The molecule has 17 heavy (non-hydrogen) atoms. The lowest BCUT2D eigenvalue weighted by atomic mass is 10.3. The molecule has 88 valence electrons. The summed E-state index contributed by atoms with van der Waals surface area (Å²) < 4.78 is 14.0. The molecular formula is C10H7ClFN3O2. The second-order valence-electron chi connectivity index (χ2n) is 3.18. The Kier molecular flexibility index (Phi) is 3.06. The van der Waals surface area contributed by atoms with Gasteiger partial charge in [0.05, 0.1) is 11.6 Å². The Bertz CT molecular complexity index is 553. The van der Waals surface area contributed by atoms with E-state index in [1.807, 2.05) is 0 Å². The number of hydrogen-bond acceptors (Lipinski definition) is 3. The maximum absolute atomic E-state index is 12.8. The maximum atomic E-state index is 12.8. The van der Waals surface area contributed by atoms with Crippen LogP contribution in [0, 0.1) is 5.82 Å². The van der Waals surface area contributed by atoms with Crippen LogP contribution in [0.1, 0.15) is 16.4 Å². The highest BCUT2D eigenvalue weighted by Gasteiger charge is 2.15. The predicted molar refractivity (Wildman–Crippen MR) is 57.8 cm³/mol. The van der Waals surface area contributed by atoms with Gasteiger partial charge in [0.1, 0.15) is 11.6 Å². The molecule has 0 amide bonds. The molecule has 0 aliphatic heterocycles. The number of hydrogen-bond donors (Lipinski definition) is 1. The molecule has 0 bridgehead atoms. The van der Waals surface area contributed by atoms with Crippen molar-refractivity contribution in [3.63, 3.8) is 0 Å². The summed E-state index contributed by atoms with van der Waals surface area (Å²) in [5.74, 6) is -1.67. The lowest BCUT2D eigenvalue weighted by Gasteiger charge is -2.02. The molecule has 0 spiro atoms. The molecule has 0 saturated carbocycles. The first kappa shape index (κ1) is 11.5. The van der Waals surface area contributed by atoms with Gasteiger partial charge in [0.2, 0.25) is 0 Å². The number of carbonyl (C=O) groups is 1. The number of aromatic nitrogens is 3. The van der Waals surface area contributed by atoms with Crippen molar-refractivity contribution in [1.82, 2.24) is 14.8 Å². The SMILES string of the molecule is O=C(O)c1nc(CCl)n(-c2ccc(F)cc2)n1. The number of halogens is 2. The van der Waals surface area contributed by atoms with E-state index in [4.69, 9.17) is 16.7 Å². The second-order valence-corrected chi connectivity index (χ2v) is 3.45. The van der Waals surface area contributed by atoms with Gasteiger partial charge in [-0.15, -0.1) is 16.7 Å². The normalized spacial score (nSPS) is 10.5. The number of nitrogens with zero attached hydrogens (tertiary/aromatic N) is 3. The van der Waals surface area contributed by atoms with Gasteiger partial charge in [0.25, 0.3) is 5.82 Å². The number of rotatable bonds is 3. The molecule has 0 aliphatic rings. The second kappa shape index (κ2) is 4.50. The number of carboxylic acids is 1. The van der Waals surface area contributed by atoms with Crippen LogP contribution in [0.5, 0.6) is 0 Å². The van der Waals surface area contributed by atoms with Crippen LogP contribution >= 0.6 is 11.6 Å². The smallest absolute Gasteiger partial charge is 0.375 e. The van der Waals surface area contributed by atoms with E-state index in [-0.39, 0.29) is 23.3 Å². The Morgan fingerprint density at radius 3 is 2.59 bits per heavy atom. The molecule has 2 aromatic rings. The molecule has 0 saturated heterocycles. The molecule has 0 fully saturated rings. The van der Waals surface area contributed by atoms with Crippen LogP contribution in [0.25, 0.3) is 5.69 Å². The van der Waals surface area contributed by atoms with Gasteiger partial charge < -0.3 is 5.11 Å². The Balaban J connectivity index is 2.50. The van der Waals surface area contributed by atoms with Crippen LogP contribution in [-0.4, -0.2) is 25.8 Å². The quantitative estimate of drug-likeness (QED) is 0.850. The summed E-state index contributed by atoms with van der Waals surface area (Å²) in [6.07, 6.45) is 0. The van der Waals surface area contributed by atoms with Crippen molar-refractivity contribution in [3.05, 3.63) is 41.7 Å². The Labute approximate surface area is 100 Å². The molecule has 2 rings (SSSR count). The van der Waals surface area contributed by atoms with Crippen LogP contribution in [-0.2, 0) is 5.88 Å². The van der Waals surface area contributed by atoms with Crippen molar-refractivity contribution in [1.29, 1.82) is 0 Å². The largest absolute Gasteiger partial charge is 0.475 e. The summed E-state index contributed by atoms with van der Waals surface area (Å²) in [6.45, 7) is 0. The summed E-state index contributed by atoms with van der Waals surface area (Å²) in [4.78, 5) is 14.5. The molecule has 0 atom stereocenters. The van der Waals surface area contributed by atoms with Gasteiger partial charge in [0, 0.05) is 0 Å². The fourth-order valence-corrected chi connectivity index (χ4v) is 1.48. The Morgan fingerprint density at radius 1 is 1.41 bits per heavy atom. The molecule has 1 N–H and O–H groups in total. The summed E-state index contributed by atoms with van der Waals surface area (Å²) in [7, 11) is 0. The van der Waals surface area contributed by atoms with Crippen molar-refractivity contribution in [3.8, 4) is 5.69 Å². The molecule has 7 heteroatoms. The highest BCUT2D eigenvalue weighted by Crippen LogP contribution is 2.12. The van der Waals surface area contributed by atoms with E-state index in [0.29, 0.717) is 5.69 Å². The van der Waals surface area contributed by atoms with Crippen LogP contribution in [0.4, 0.5) is 4.39 Å². The maximum Gasteiger partial charge on any atom is 0.375 e. The van der Waals surface area contributed by atoms with E-state index < -0.39 is 5.97 Å². The predicted octanol–water partition coefficient (Wildman–Crippen LogP) is 1.84. The minimum atomic E-state index is -1.24. The molecule has 0 radical (unpaired) electrons. The van der Waals surface area contributed by atoms with Crippen LogP contribution in [0.2, 0.25) is 0 Å². The van der Waals surface area contributed by atoms with Gasteiger partial charge in [-0.3, -0.25) is 0 Å². The third-order valence-electron chi connectivity index (χ3n) is 2.06. The number of alkyl halides is 1. The molecule has 1 aromatic carbocycles. The van der Waals surface area contributed by atoms with Crippen molar-refractivity contribution in [2.75, 3.05) is 0 Å². The lowest BCUT2D eigenvalue weighted by Crippen LogP contribution is -2.03. The zero-order valence-electron chi connectivity index (χ0n) is 8.47. The van der Waals surface area contributed by atoms with Gasteiger partial charge in [0.15, 0.2) is 0 Å². The zero-order chi connectivity index (χ0) is 12.4. The van der Waals surface area contributed by atoms with Crippen LogP contribution in [0.15, 0.2) is 24.3 Å². The minimum absolute atomic E-state index is 0.0116. The fourth-order valence-electron chi connectivity index (χ4n) is 1.31. The first-order chi connectivity index (χ1) is 8.11. The Morgan fingerprint density at radius 2 is 2.06 bits per heavy atom. The average molecular weight is 256 g/mol. The zero-order valence-corrected chi connectivity index (χ0v) is 9.23. The third kappa shape index (κ3) is 2.26. The topological polar surface area (TPSA) is 68.0 Å². The summed E-state index contributed by atoms with van der Waals surface area (Å²) in [5.41, 5.74) is 0.502. The number of carboxylic acid groups (broad SMARTS) is 1. The first-order valence-electron chi connectivity index (χ1n) is 4.63. The van der Waals surface area contributed by atoms with Crippen molar-refractivity contribution in [2.24, 2.45) is 0 Å². The molecule has 0 unspecified atom stereocenters. The minimum Gasteiger partial charge on any atom is -0.475 e. The Hall–Kier alpha value is -1.95. The average Bonchev–Trinajstić information content (AvgIpc) is 2.74. The monoisotopic (exact) mass is 255 g/mol. The van der Waals surface area contributed by atoms with Crippen molar-refractivity contribution in [2.45, 2.75) is 5.88 Å². The molecule has 5 nitrogen and oxygen atoms in total. The third-order valence-corrected chi connectivity index (χ3v) is 2.30. The van der Waals surface area contributed by atoms with E-state index in [9.17, 15) is 9.18 Å². The van der Waals surface area contributed by atoms with Gasteiger partial charge in [-0.2, -0.15) is 0 Å². The molecule has 1 heterocycles. The van der Waals surface area contributed by atoms with Gasteiger partial charge in [-0.25, -0.2) is 18.9 Å². The van der Waals surface area contributed by atoms with Crippen LogP contribution < -0.4 is 0 Å². The standard InChI is InChI=1S/C10H7ClFN3O2/c11-5-8-13-9(10(16)17)14-15(8)7-3-1-6(12)2-4-7/h1-4H,5H2,(H,16,17). The van der Waals surface area contributed by atoms with E-state index in [1.54, 1.807) is 0 Å². The number of aromatic carboxylic acids is 1. The highest BCUT2D eigenvalue weighted by molar-refractivity contribution is 6.16. The molecule has 0 aliphatic carbocycles.